The van der Waals surface area contributed by atoms with E-state index in [4.69, 9.17) is 4.84 Å². The van der Waals surface area contributed by atoms with Crippen molar-refractivity contribution in [3.63, 3.8) is 0 Å². The molecule has 0 bridgehead atoms. The largest absolute Gasteiger partial charge is 0.301 e. The predicted molar refractivity (Wildman–Crippen MR) is 70.0 cm³/mol. The molecule has 0 aromatic rings. The summed E-state index contributed by atoms with van der Waals surface area (Å²) in [6.07, 6.45) is 13.2. The van der Waals surface area contributed by atoms with Crippen LogP contribution in [0.1, 0.15) is 51.4 Å². The Hall–Kier alpha value is -0.670. The molecular weight excluding hydrogens is 226 g/mol. The molecule has 1 aliphatic heterocycles. The van der Waals surface area contributed by atoms with Crippen molar-refractivity contribution in [2.45, 2.75) is 56.9 Å². The fourth-order valence-electron chi connectivity index (χ4n) is 4.15. The maximum Gasteiger partial charge on any atom is 0.166 e. The van der Waals surface area contributed by atoms with Crippen LogP contribution in [0.4, 0.5) is 0 Å². The molecule has 0 aromatic carbocycles. The molecule has 3 heteroatoms. The summed E-state index contributed by atoms with van der Waals surface area (Å²) in [5.41, 5.74) is -0.555. The zero-order chi connectivity index (χ0) is 12.6. The molecule has 1 unspecified atom stereocenters. The van der Waals surface area contributed by atoms with Crippen molar-refractivity contribution in [3.05, 3.63) is 12.2 Å². The monoisotopic (exact) mass is 249 g/mol. The van der Waals surface area contributed by atoms with E-state index in [1.54, 1.807) is 7.11 Å². The van der Waals surface area contributed by atoms with Gasteiger partial charge in [0.2, 0.25) is 0 Å². The van der Waals surface area contributed by atoms with Crippen molar-refractivity contribution in [1.82, 2.24) is 5.06 Å². The topological polar surface area (TPSA) is 29.5 Å². The van der Waals surface area contributed by atoms with E-state index in [0.29, 0.717) is 5.78 Å². The summed E-state index contributed by atoms with van der Waals surface area (Å²) >= 11 is 0. The standard InChI is InChI=1S/C15H23NO2/c1-18-16-12-14(8-4-2-5-9-14)13(17)15(16)10-6-3-7-11-15/h6,10H,2-5,7-9,11-12H2,1H3. The van der Waals surface area contributed by atoms with Crippen molar-refractivity contribution < 1.29 is 9.63 Å². The molecule has 100 valence electrons. The lowest BCUT2D eigenvalue weighted by Gasteiger charge is -2.35. The van der Waals surface area contributed by atoms with Gasteiger partial charge in [0.05, 0.1) is 7.11 Å². The Bertz CT molecular complexity index is 371. The third kappa shape index (κ3) is 1.60. The number of hydrogen-bond donors (Lipinski definition) is 0. The van der Waals surface area contributed by atoms with Gasteiger partial charge in [0.25, 0.3) is 0 Å². The number of nitrogens with zero attached hydrogens (tertiary/aromatic N) is 1. The molecule has 18 heavy (non-hydrogen) atoms. The minimum absolute atomic E-state index is 0.115. The first-order valence-electron chi connectivity index (χ1n) is 7.28. The van der Waals surface area contributed by atoms with Gasteiger partial charge in [-0.3, -0.25) is 4.79 Å². The van der Waals surface area contributed by atoms with Crippen LogP contribution in [0.25, 0.3) is 0 Å². The Morgan fingerprint density at radius 2 is 1.94 bits per heavy atom. The van der Waals surface area contributed by atoms with Gasteiger partial charge in [0.1, 0.15) is 5.54 Å². The number of hydroxylamine groups is 2. The second kappa shape index (κ2) is 4.46. The van der Waals surface area contributed by atoms with Gasteiger partial charge < -0.3 is 4.84 Å². The Morgan fingerprint density at radius 1 is 1.17 bits per heavy atom. The molecule has 2 aliphatic carbocycles. The van der Waals surface area contributed by atoms with Gasteiger partial charge in [0, 0.05) is 12.0 Å². The maximum atomic E-state index is 13.1. The van der Waals surface area contributed by atoms with E-state index in [2.05, 4.69) is 12.2 Å². The zero-order valence-electron chi connectivity index (χ0n) is 11.3. The minimum atomic E-state index is -0.440. The Morgan fingerprint density at radius 3 is 2.56 bits per heavy atom. The van der Waals surface area contributed by atoms with Gasteiger partial charge in [-0.15, -0.1) is 0 Å². The number of rotatable bonds is 1. The predicted octanol–water partition coefficient (Wildman–Crippen LogP) is 2.86. The lowest BCUT2D eigenvalue weighted by molar-refractivity contribution is -0.175. The first-order chi connectivity index (χ1) is 8.73. The van der Waals surface area contributed by atoms with Crippen LogP contribution in [0, 0.1) is 5.41 Å². The van der Waals surface area contributed by atoms with Crippen molar-refractivity contribution >= 4 is 5.78 Å². The average Bonchev–Trinajstić information content (AvgIpc) is 2.64. The van der Waals surface area contributed by atoms with Crippen LogP contribution in [0.5, 0.6) is 0 Å². The lowest BCUT2D eigenvalue weighted by Crippen LogP contribution is -2.48. The summed E-state index contributed by atoms with van der Waals surface area (Å²) in [6.45, 7) is 0.798. The molecule has 1 atom stereocenters. The van der Waals surface area contributed by atoms with Crippen LogP contribution in [0.15, 0.2) is 12.2 Å². The lowest BCUT2D eigenvalue weighted by atomic mass is 9.68. The second-order valence-corrected chi connectivity index (χ2v) is 6.11. The van der Waals surface area contributed by atoms with E-state index in [-0.39, 0.29) is 5.41 Å². The highest BCUT2D eigenvalue weighted by Gasteiger charge is 2.60. The summed E-state index contributed by atoms with van der Waals surface area (Å²) < 4.78 is 0. The molecule has 0 amide bonds. The SMILES string of the molecule is CON1CC2(CCCCC2)C(=O)C12C=CCCC2. The molecule has 1 saturated carbocycles. The molecule has 0 radical (unpaired) electrons. The van der Waals surface area contributed by atoms with Crippen LogP contribution >= 0.6 is 0 Å². The van der Waals surface area contributed by atoms with Gasteiger partial charge in [0.15, 0.2) is 5.78 Å². The highest BCUT2D eigenvalue weighted by Crippen LogP contribution is 2.50. The second-order valence-electron chi connectivity index (χ2n) is 6.11. The maximum absolute atomic E-state index is 13.1. The van der Waals surface area contributed by atoms with E-state index in [9.17, 15) is 4.79 Å². The van der Waals surface area contributed by atoms with Crippen molar-refractivity contribution in [1.29, 1.82) is 0 Å². The molecular formula is C15H23NO2. The number of hydrogen-bond acceptors (Lipinski definition) is 3. The van der Waals surface area contributed by atoms with E-state index >= 15 is 0 Å². The molecule has 1 heterocycles. The smallest absolute Gasteiger partial charge is 0.166 e. The quantitative estimate of drug-likeness (QED) is 0.669. The van der Waals surface area contributed by atoms with Crippen LogP contribution in [-0.2, 0) is 9.63 Å². The van der Waals surface area contributed by atoms with E-state index in [1.807, 2.05) is 5.06 Å². The highest BCUT2D eigenvalue weighted by molar-refractivity contribution is 5.97. The molecule has 0 aromatic heterocycles. The van der Waals surface area contributed by atoms with Crippen molar-refractivity contribution in [2.75, 3.05) is 13.7 Å². The number of carbonyl (C=O) groups is 1. The third-order valence-electron chi connectivity index (χ3n) is 5.12. The summed E-state index contributed by atoms with van der Waals surface area (Å²) in [4.78, 5) is 18.6. The van der Waals surface area contributed by atoms with Gasteiger partial charge in [-0.05, 0) is 32.1 Å². The number of Topliss-reactive ketones (excluding diaryl/α,β-unsaturated/α-hetero) is 1. The van der Waals surface area contributed by atoms with Crippen LogP contribution in [0.2, 0.25) is 0 Å². The van der Waals surface area contributed by atoms with Gasteiger partial charge in [-0.1, -0.05) is 31.4 Å². The van der Waals surface area contributed by atoms with Crippen LogP contribution < -0.4 is 0 Å². The Kier molecular flexibility index (Phi) is 3.07. The molecule has 2 fully saturated rings. The minimum Gasteiger partial charge on any atom is -0.301 e. The van der Waals surface area contributed by atoms with Crippen molar-refractivity contribution in [2.24, 2.45) is 5.41 Å². The first kappa shape index (κ1) is 12.4. The fraction of sp³-hybridized carbons (Fsp3) is 0.800. The van der Waals surface area contributed by atoms with E-state index in [1.165, 1.54) is 19.3 Å². The van der Waals surface area contributed by atoms with Gasteiger partial charge in [-0.25, -0.2) is 0 Å². The molecule has 0 N–H and O–H groups in total. The van der Waals surface area contributed by atoms with Crippen LogP contribution in [0.3, 0.4) is 0 Å². The summed E-state index contributed by atoms with van der Waals surface area (Å²) in [5.74, 6) is 0.438. The van der Waals surface area contributed by atoms with E-state index in [0.717, 1.165) is 38.6 Å². The van der Waals surface area contributed by atoms with Gasteiger partial charge >= 0.3 is 0 Å². The zero-order valence-corrected chi connectivity index (χ0v) is 11.3. The summed E-state index contributed by atoms with van der Waals surface area (Å²) in [6, 6.07) is 0. The van der Waals surface area contributed by atoms with Crippen molar-refractivity contribution in [3.8, 4) is 0 Å². The normalized spacial score (nSPS) is 35.7. The number of carbonyl (C=O) groups excluding carboxylic acids is 1. The highest BCUT2D eigenvalue weighted by atomic mass is 16.7. The molecule has 3 nitrogen and oxygen atoms in total. The first-order valence-corrected chi connectivity index (χ1v) is 7.28. The Balaban J connectivity index is 1.96. The summed E-state index contributed by atoms with van der Waals surface area (Å²) in [7, 11) is 1.71. The number of ketones is 1. The molecule has 1 saturated heterocycles. The molecule has 2 spiro atoms. The third-order valence-corrected chi connectivity index (χ3v) is 5.12. The average molecular weight is 249 g/mol. The molecule has 3 rings (SSSR count). The van der Waals surface area contributed by atoms with Crippen LogP contribution in [-0.4, -0.2) is 30.0 Å². The summed E-state index contributed by atoms with van der Waals surface area (Å²) in [5, 5.41) is 1.97. The molecule has 3 aliphatic rings. The van der Waals surface area contributed by atoms with Gasteiger partial charge in [-0.2, -0.15) is 5.06 Å². The fourth-order valence-corrected chi connectivity index (χ4v) is 4.15. The van der Waals surface area contributed by atoms with E-state index < -0.39 is 5.54 Å². The Labute approximate surface area is 109 Å². The number of allylic oxidation sites excluding steroid dienone is 1.